The quantitative estimate of drug-likeness (QED) is 0.738. The van der Waals surface area contributed by atoms with Gasteiger partial charge in [0.1, 0.15) is 0 Å². The van der Waals surface area contributed by atoms with E-state index in [1.807, 2.05) is 32.0 Å². The minimum absolute atomic E-state index is 0.166. The lowest BCUT2D eigenvalue weighted by Crippen LogP contribution is -2.34. The van der Waals surface area contributed by atoms with Crippen molar-refractivity contribution in [1.29, 1.82) is 0 Å². The number of carbonyl (C=O) groups excluding carboxylic acids is 3. The van der Waals surface area contributed by atoms with Crippen molar-refractivity contribution < 1.29 is 19.1 Å². The SMILES string of the molecule is CCOC(=O)c1ccc(CN2C(=O)SC(Nc3ccc(C)cc3C)C2=O)cc1. The number of anilines is 1. The van der Waals surface area contributed by atoms with Gasteiger partial charge in [0.15, 0.2) is 5.37 Å². The number of esters is 1. The van der Waals surface area contributed by atoms with Crippen LogP contribution in [0.2, 0.25) is 0 Å². The number of nitrogens with zero attached hydrogens (tertiary/aromatic N) is 1. The number of hydrogen-bond donors (Lipinski definition) is 1. The summed E-state index contributed by atoms with van der Waals surface area (Å²) in [6, 6.07) is 12.6. The normalized spacial score (nSPS) is 16.4. The molecule has 1 saturated heterocycles. The van der Waals surface area contributed by atoms with Crippen LogP contribution in [0, 0.1) is 13.8 Å². The molecule has 7 heteroatoms. The molecule has 1 aliphatic rings. The van der Waals surface area contributed by atoms with E-state index < -0.39 is 11.3 Å². The first-order valence-corrected chi connectivity index (χ1v) is 9.89. The van der Waals surface area contributed by atoms with Crippen molar-refractivity contribution >= 4 is 34.6 Å². The third-order valence-corrected chi connectivity index (χ3v) is 5.38. The number of amides is 2. The molecule has 3 rings (SSSR count). The molecule has 1 unspecified atom stereocenters. The van der Waals surface area contributed by atoms with Gasteiger partial charge in [0.2, 0.25) is 0 Å². The average Bonchev–Trinajstić information content (AvgIpc) is 2.92. The van der Waals surface area contributed by atoms with Crippen molar-refractivity contribution in [1.82, 2.24) is 4.90 Å². The Morgan fingerprint density at radius 2 is 1.86 bits per heavy atom. The van der Waals surface area contributed by atoms with Crippen LogP contribution >= 0.6 is 11.8 Å². The summed E-state index contributed by atoms with van der Waals surface area (Å²) < 4.78 is 4.95. The van der Waals surface area contributed by atoms with Gasteiger partial charge in [-0.2, -0.15) is 0 Å². The van der Waals surface area contributed by atoms with E-state index in [1.54, 1.807) is 31.2 Å². The zero-order valence-corrected chi connectivity index (χ0v) is 16.8. The number of benzene rings is 2. The zero-order chi connectivity index (χ0) is 20.3. The first-order valence-electron chi connectivity index (χ1n) is 9.01. The molecule has 1 aliphatic heterocycles. The van der Waals surface area contributed by atoms with Crippen LogP contribution in [0.1, 0.15) is 34.0 Å². The lowest BCUT2D eigenvalue weighted by atomic mass is 10.1. The highest BCUT2D eigenvalue weighted by Crippen LogP contribution is 2.30. The number of thioether (sulfide) groups is 1. The first kappa shape index (κ1) is 19.9. The fourth-order valence-electron chi connectivity index (χ4n) is 2.94. The third-order valence-electron chi connectivity index (χ3n) is 4.40. The van der Waals surface area contributed by atoms with Gasteiger partial charge in [-0.3, -0.25) is 14.5 Å². The van der Waals surface area contributed by atoms with Gasteiger partial charge in [-0.05, 0) is 61.9 Å². The van der Waals surface area contributed by atoms with E-state index in [-0.39, 0.29) is 17.7 Å². The molecule has 2 aromatic rings. The van der Waals surface area contributed by atoms with E-state index in [4.69, 9.17) is 4.74 Å². The van der Waals surface area contributed by atoms with E-state index in [2.05, 4.69) is 5.32 Å². The monoisotopic (exact) mass is 398 g/mol. The van der Waals surface area contributed by atoms with E-state index in [9.17, 15) is 14.4 Å². The molecule has 2 aromatic carbocycles. The van der Waals surface area contributed by atoms with Gasteiger partial charge in [0, 0.05) is 5.69 Å². The summed E-state index contributed by atoms with van der Waals surface area (Å²) in [7, 11) is 0. The molecule has 1 atom stereocenters. The van der Waals surface area contributed by atoms with Crippen LogP contribution in [0.3, 0.4) is 0 Å². The van der Waals surface area contributed by atoms with Crippen molar-refractivity contribution in [3.8, 4) is 0 Å². The summed E-state index contributed by atoms with van der Waals surface area (Å²) in [5, 5.41) is 2.22. The van der Waals surface area contributed by atoms with Crippen LogP contribution in [0.15, 0.2) is 42.5 Å². The Balaban J connectivity index is 1.67. The molecular weight excluding hydrogens is 376 g/mol. The van der Waals surface area contributed by atoms with Crippen LogP contribution in [-0.4, -0.2) is 34.0 Å². The molecule has 0 bridgehead atoms. The fourth-order valence-corrected chi connectivity index (χ4v) is 3.84. The number of hydrogen-bond acceptors (Lipinski definition) is 6. The van der Waals surface area contributed by atoms with E-state index in [0.29, 0.717) is 12.2 Å². The van der Waals surface area contributed by atoms with Crippen molar-refractivity contribution in [3.63, 3.8) is 0 Å². The molecule has 146 valence electrons. The molecule has 1 fully saturated rings. The summed E-state index contributed by atoms with van der Waals surface area (Å²) in [6.07, 6.45) is 0. The molecule has 0 aliphatic carbocycles. The highest BCUT2D eigenvalue weighted by atomic mass is 32.2. The second kappa shape index (κ2) is 8.48. The molecule has 0 saturated carbocycles. The lowest BCUT2D eigenvalue weighted by Gasteiger charge is -2.16. The van der Waals surface area contributed by atoms with Gasteiger partial charge in [-0.25, -0.2) is 4.79 Å². The molecular formula is C21H22N2O4S. The van der Waals surface area contributed by atoms with Crippen molar-refractivity contribution in [2.24, 2.45) is 0 Å². The standard InChI is InChI=1S/C21H22N2O4S/c1-4-27-20(25)16-8-6-15(7-9-16)12-23-19(24)18(28-21(23)26)22-17-10-5-13(2)11-14(17)3/h5-11,18,22H,4,12H2,1-3H3. The predicted octanol–water partition coefficient (Wildman–Crippen LogP) is 4.11. The lowest BCUT2D eigenvalue weighted by molar-refractivity contribution is -0.126. The van der Waals surface area contributed by atoms with Crippen LogP contribution < -0.4 is 5.32 Å². The molecule has 0 aromatic heterocycles. The largest absolute Gasteiger partial charge is 0.462 e. The molecule has 1 heterocycles. The third kappa shape index (κ3) is 4.36. The fraction of sp³-hybridized carbons (Fsp3) is 0.286. The van der Waals surface area contributed by atoms with Crippen LogP contribution in [0.5, 0.6) is 0 Å². The molecule has 0 spiro atoms. The maximum absolute atomic E-state index is 12.7. The highest BCUT2D eigenvalue weighted by molar-refractivity contribution is 8.15. The number of rotatable bonds is 6. The predicted molar refractivity (Wildman–Crippen MR) is 109 cm³/mol. The first-order chi connectivity index (χ1) is 13.4. The van der Waals surface area contributed by atoms with Crippen LogP contribution in [-0.2, 0) is 16.1 Å². The Hall–Kier alpha value is -2.80. The van der Waals surface area contributed by atoms with Gasteiger partial charge < -0.3 is 10.1 Å². The van der Waals surface area contributed by atoms with Gasteiger partial charge >= 0.3 is 5.97 Å². The number of carbonyl (C=O) groups is 3. The Labute approximate surface area is 168 Å². The Morgan fingerprint density at radius 1 is 1.14 bits per heavy atom. The smallest absolute Gasteiger partial charge is 0.338 e. The van der Waals surface area contributed by atoms with E-state index in [0.717, 1.165) is 34.1 Å². The summed E-state index contributed by atoms with van der Waals surface area (Å²) in [5.74, 6) is -0.667. The number of nitrogens with one attached hydrogen (secondary N) is 1. The summed E-state index contributed by atoms with van der Waals surface area (Å²) in [4.78, 5) is 38.0. The van der Waals surface area contributed by atoms with Crippen molar-refractivity contribution in [2.45, 2.75) is 32.7 Å². The molecule has 0 radical (unpaired) electrons. The molecule has 1 N–H and O–H groups in total. The maximum Gasteiger partial charge on any atom is 0.338 e. The Morgan fingerprint density at radius 3 is 2.50 bits per heavy atom. The van der Waals surface area contributed by atoms with Crippen LogP contribution in [0.25, 0.3) is 0 Å². The highest BCUT2D eigenvalue weighted by Gasteiger charge is 2.39. The molecule has 6 nitrogen and oxygen atoms in total. The van der Waals surface area contributed by atoms with E-state index in [1.165, 1.54) is 4.90 Å². The van der Waals surface area contributed by atoms with Gasteiger partial charge in [0.05, 0.1) is 18.7 Å². The Bertz CT molecular complexity index is 911. The summed E-state index contributed by atoms with van der Waals surface area (Å²) in [6.45, 7) is 6.19. The average molecular weight is 398 g/mol. The second-order valence-corrected chi connectivity index (χ2v) is 7.62. The second-order valence-electron chi connectivity index (χ2n) is 6.57. The summed E-state index contributed by atoms with van der Waals surface area (Å²) in [5.41, 5.74) is 4.20. The van der Waals surface area contributed by atoms with Gasteiger partial charge in [-0.1, -0.05) is 29.8 Å². The Kier molecular flexibility index (Phi) is 6.04. The maximum atomic E-state index is 12.7. The van der Waals surface area contributed by atoms with Gasteiger partial charge in [0.25, 0.3) is 11.1 Å². The van der Waals surface area contributed by atoms with Crippen molar-refractivity contribution in [3.05, 3.63) is 64.7 Å². The summed E-state index contributed by atoms with van der Waals surface area (Å²) >= 11 is 0.976. The molecule has 28 heavy (non-hydrogen) atoms. The van der Waals surface area contributed by atoms with E-state index >= 15 is 0 Å². The van der Waals surface area contributed by atoms with Gasteiger partial charge in [-0.15, -0.1) is 0 Å². The molecule has 2 amide bonds. The number of ether oxygens (including phenoxy) is 1. The zero-order valence-electron chi connectivity index (χ0n) is 16.0. The topological polar surface area (TPSA) is 75.7 Å². The number of aryl methyl sites for hydroxylation is 2. The van der Waals surface area contributed by atoms with Crippen molar-refractivity contribution in [2.75, 3.05) is 11.9 Å². The minimum atomic E-state index is -0.646. The van der Waals surface area contributed by atoms with Crippen LogP contribution in [0.4, 0.5) is 10.5 Å². The minimum Gasteiger partial charge on any atom is -0.462 e. The number of imide groups is 1.